The lowest BCUT2D eigenvalue weighted by Crippen LogP contribution is -2.71. The number of carbonyl (C=O) groups excluding carboxylic acids is 3. The molecule has 2 aliphatic rings. The van der Waals surface area contributed by atoms with E-state index in [4.69, 9.17) is 20.4 Å². The summed E-state index contributed by atoms with van der Waals surface area (Å²) in [6.45, 7) is 2.36. The number of ether oxygens (including phenoxy) is 1. The lowest BCUT2D eigenvalue weighted by Gasteiger charge is -2.49. The van der Waals surface area contributed by atoms with Crippen molar-refractivity contribution < 1.29 is 43.8 Å². The number of amides is 2. The average Bonchev–Trinajstić information content (AvgIpc) is 3.20. The highest BCUT2D eigenvalue weighted by Gasteiger charge is 2.54. The fourth-order valence-corrected chi connectivity index (χ4v) is 5.09. The van der Waals surface area contributed by atoms with Crippen molar-refractivity contribution in [2.24, 2.45) is 5.16 Å². The molecule has 0 spiro atoms. The minimum atomic E-state index is -1.36. The van der Waals surface area contributed by atoms with Crippen LogP contribution in [0.25, 0.3) is 0 Å². The summed E-state index contributed by atoms with van der Waals surface area (Å²) < 4.78 is 4.88. The zero-order chi connectivity index (χ0) is 25.9. The molecule has 16 heteroatoms. The summed E-state index contributed by atoms with van der Waals surface area (Å²) >= 11 is 2.22. The first kappa shape index (κ1) is 26.0. The number of aliphatic carboxylic acids is 2. The molecule has 35 heavy (non-hydrogen) atoms. The van der Waals surface area contributed by atoms with Crippen LogP contribution >= 0.6 is 23.1 Å². The van der Waals surface area contributed by atoms with Gasteiger partial charge >= 0.3 is 17.9 Å². The first-order valence-corrected chi connectivity index (χ1v) is 11.9. The molecule has 0 aliphatic carbocycles. The molecule has 1 aromatic heterocycles. The number of nitrogens with two attached hydrogens (primary N) is 1. The second-order valence-corrected chi connectivity index (χ2v) is 9.42. The number of aromatic nitrogens is 1. The Morgan fingerprint density at radius 2 is 2.09 bits per heavy atom. The number of thioether (sulfide) groups is 1. The zero-order valence-electron chi connectivity index (χ0n) is 18.4. The number of fused-ring (bicyclic) bond motifs is 1. The lowest BCUT2D eigenvalue weighted by molar-refractivity contribution is -0.150. The van der Waals surface area contributed by atoms with E-state index in [1.54, 1.807) is 0 Å². The summed E-state index contributed by atoms with van der Waals surface area (Å²) in [6.07, 6.45) is -1.23. The smallest absolute Gasteiger partial charge is 0.352 e. The fourth-order valence-electron chi connectivity index (χ4n) is 3.22. The summed E-state index contributed by atoms with van der Waals surface area (Å²) in [7, 11) is 0. The predicted molar refractivity (Wildman–Crippen MR) is 122 cm³/mol. The van der Waals surface area contributed by atoms with Crippen LogP contribution in [-0.2, 0) is 33.5 Å². The summed E-state index contributed by atoms with van der Waals surface area (Å²) in [6, 6.07) is -1.07. The van der Waals surface area contributed by atoms with E-state index in [0.29, 0.717) is 0 Å². The first-order chi connectivity index (χ1) is 16.5. The Balaban J connectivity index is 1.78. The van der Waals surface area contributed by atoms with Gasteiger partial charge in [-0.2, -0.15) is 0 Å². The van der Waals surface area contributed by atoms with Gasteiger partial charge in [0.25, 0.3) is 11.8 Å². The van der Waals surface area contributed by atoms with Crippen molar-refractivity contribution in [3.05, 3.63) is 22.3 Å². The third kappa shape index (κ3) is 5.89. The van der Waals surface area contributed by atoms with Crippen molar-refractivity contribution in [3.63, 3.8) is 0 Å². The van der Waals surface area contributed by atoms with Crippen LogP contribution in [0.1, 0.15) is 26.0 Å². The van der Waals surface area contributed by atoms with E-state index in [-0.39, 0.29) is 46.6 Å². The summed E-state index contributed by atoms with van der Waals surface area (Å²) in [5.41, 5.74) is 5.33. The zero-order valence-corrected chi connectivity index (χ0v) is 20.1. The second kappa shape index (κ2) is 10.7. The van der Waals surface area contributed by atoms with Gasteiger partial charge in [0.1, 0.15) is 35.5 Å². The molecule has 0 aromatic carbocycles. The highest BCUT2D eigenvalue weighted by atomic mass is 32.2. The van der Waals surface area contributed by atoms with Crippen molar-refractivity contribution in [2.75, 3.05) is 18.1 Å². The minimum Gasteiger partial charge on any atom is -0.481 e. The van der Waals surface area contributed by atoms with Crippen molar-refractivity contribution in [3.8, 4) is 0 Å². The monoisotopic (exact) mass is 527 g/mol. The van der Waals surface area contributed by atoms with E-state index in [1.165, 1.54) is 31.0 Å². The Kier molecular flexibility index (Phi) is 7.96. The van der Waals surface area contributed by atoms with Crippen LogP contribution in [0, 0.1) is 0 Å². The van der Waals surface area contributed by atoms with Crippen LogP contribution in [0.4, 0.5) is 5.13 Å². The molecular formula is C19H21N5O9S2. The predicted octanol–water partition coefficient (Wildman–Crippen LogP) is -0.389. The molecule has 0 bridgehead atoms. The number of hydrogen-bond acceptors (Lipinski definition) is 12. The molecule has 1 fully saturated rings. The number of anilines is 1. The molecule has 1 saturated heterocycles. The van der Waals surface area contributed by atoms with Crippen LogP contribution in [0.2, 0.25) is 0 Å². The van der Waals surface area contributed by atoms with Gasteiger partial charge in [-0.15, -0.1) is 23.1 Å². The SMILES string of the molecule is CC(=O)OCC1=C(C(=O)O)N2C(=O)[C@@H](NC(=O)/C(=N\OC(C)CC(=O)O)c3csc(N)n3)[C@@H]2SC1. The Labute approximate surface area is 206 Å². The third-order valence-corrected chi connectivity index (χ3v) is 6.77. The molecule has 1 aromatic rings. The van der Waals surface area contributed by atoms with E-state index in [9.17, 15) is 29.1 Å². The summed E-state index contributed by atoms with van der Waals surface area (Å²) in [5, 5.41) is 25.6. The fraction of sp³-hybridized carbons (Fsp3) is 0.421. The van der Waals surface area contributed by atoms with Crippen molar-refractivity contribution in [1.82, 2.24) is 15.2 Å². The molecule has 2 aliphatic heterocycles. The Morgan fingerprint density at radius 1 is 1.37 bits per heavy atom. The third-order valence-electron chi connectivity index (χ3n) is 4.75. The van der Waals surface area contributed by atoms with Gasteiger partial charge in [0.2, 0.25) is 0 Å². The van der Waals surface area contributed by atoms with Crippen molar-refractivity contribution >= 4 is 63.7 Å². The van der Waals surface area contributed by atoms with Gasteiger partial charge in [-0.25, -0.2) is 9.78 Å². The molecule has 3 rings (SSSR count). The molecule has 5 N–H and O–H groups in total. The number of thiazole rings is 1. The highest BCUT2D eigenvalue weighted by molar-refractivity contribution is 8.00. The number of nitrogen functional groups attached to an aromatic ring is 1. The van der Waals surface area contributed by atoms with Crippen LogP contribution < -0.4 is 11.1 Å². The van der Waals surface area contributed by atoms with Gasteiger partial charge in [-0.3, -0.25) is 24.1 Å². The maximum absolute atomic E-state index is 13.0. The standard InChI is InChI=1S/C19H21N5O9S2/c1-7(3-11(26)27)33-23-12(10-6-35-19(20)21-10)15(28)22-13-16(29)24-14(18(30)31)9(4-32-8(2)25)5-34-17(13)24/h6-7,13,17H,3-5H2,1-2H3,(H2,20,21)(H,22,28)(H,26,27)(H,30,31)/b23-12-/t7?,13-,17+/m1/s1. The molecule has 3 atom stereocenters. The molecule has 188 valence electrons. The quantitative estimate of drug-likeness (QED) is 0.133. The number of carbonyl (C=O) groups is 5. The van der Waals surface area contributed by atoms with E-state index < -0.39 is 47.2 Å². The molecule has 3 heterocycles. The van der Waals surface area contributed by atoms with Crippen molar-refractivity contribution in [2.45, 2.75) is 37.8 Å². The average molecular weight is 528 g/mol. The number of nitrogens with zero attached hydrogens (tertiary/aromatic N) is 3. The molecule has 0 radical (unpaired) electrons. The Bertz CT molecular complexity index is 1130. The number of hydrogen-bond donors (Lipinski definition) is 4. The summed E-state index contributed by atoms with van der Waals surface area (Å²) in [5.74, 6) is -4.44. The van der Waals surface area contributed by atoms with E-state index >= 15 is 0 Å². The van der Waals surface area contributed by atoms with Crippen LogP contribution in [-0.4, -0.2) is 85.4 Å². The van der Waals surface area contributed by atoms with Gasteiger partial charge in [-0.1, -0.05) is 5.16 Å². The van der Waals surface area contributed by atoms with E-state index in [0.717, 1.165) is 16.2 Å². The Morgan fingerprint density at radius 3 is 2.66 bits per heavy atom. The Hall–Kier alpha value is -3.66. The number of carboxylic acid groups (broad SMARTS) is 2. The number of oxime groups is 1. The molecule has 1 unspecified atom stereocenters. The normalized spacial score (nSPS) is 20.5. The molecule has 2 amide bonds. The number of rotatable bonds is 10. The molecule has 0 saturated carbocycles. The minimum absolute atomic E-state index is 0.0576. The number of esters is 1. The maximum Gasteiger partial charge on any atom is 0.352 e. The maximum atomic E-state index is 13.0. The first-order valence-electron chi connectivity index (χ1n) is 10.0. The second-order valence-electron chi connectivity index (χ2n) is 7.42. The van der Waals surface area contributed by atoms with E-state index in [1.807, 2.05) is 0 Å². The lowest BCUT2D eigenvalue weighted by atomic mass is 10.0. The van der Waals surface area contributed by atoms with E-state index in [2.05, 4.69) is 15.5 Å². The summed E-state index contributed by atoms with van der Waals surface area (Å²) in [4.78, 5) is 69.7. The van der Waals surface area contributed by atoms with Gasteiger partial charge in [0.05, 0.1) is 6.42 Å². The molecular weight excluding hydrogens is 506 g/mol. The van der Waals surface area contributed by atoms with Gasteiger partial charge in [0.15, 0.2) is 10.8 Å². The van der Waals surface area contributed by atoms with Crippen LogP contribution in [0.3, 0.4) is 0 Å². The van der Waals surface area contributed by atoms with Gasteiger partial charge in [0, 0.05) is 23.6 Å². The van der Waals surface area contributed by atoms with Crippen LogP contribution in [0.15, 0.2) is 21.8 Å². The largest absolute Gasteiger partial charge is 0.481 e. The number of nitrogens with one attached hydrogen (secondary N) is 1. The number of carboxylic acids is 2. The van der Waals surface area contributed by atoms with Crippen molar-refractivity contribution in [1.29, 1.82) is 0 Å². The van der Waals surface area contributed by atoms with Gasteiger partial charge < -0.3 is 30.8 Å². The van der Waals surface area contributed by atoms with Gasteiger partial charge in [-0.05, 0) is 6.92 Å². The highest BCUT2D eigenvalue weighted by Crippen LogP contribution is 2.40. The topological polar surface area (TPSA) is 211 Å². The molecule has 14 nitrogen and oxygen atoms in total. The van der Waals surface area contributed by atoms with Crippen LogP contribution in [0.5, 0.6) is 0 Å². The number of β-lactam (4-membered cyclic amide) rings is 1.